The zero-order valence-corrected chi connectivity index (χ0v) is 12.2. The summed E-state index contributed by atoms with van der Waals surface area (Å²) in [5.74, 6) is -0.815. The fourth-order valence-corrected chi connectivity index (χ4v) is 2.38. The smallest absolute Gasteiger partial charge is 0.317 e. The molecule has 0 aliphatic heterocycles. The van der Waals surface area contributed by atoms with Crippen molar-refractivity contribution < 1.29 is 14.7 Å². The van der Waals surface area contributed by atoms with E-state index in [1.807, 2.05) is 18.2 Å². The van der Waals surface area contributed by atoms with Gasteiger partial charge in [-0.1, -0.05) is 12.5 Å². The third-order valence-corrected chi connectivity index (χ3v) is 4.12. The molecule has 6 heteroatoms. The summed E-state index contributed by atoms with van der Waals surface area (Å²) < 4.78 is 0. The molecule has 114 valence electrons. The van der Waals surface area contributed by atoms with E-state index in [0.29, 0.717) is 25.8 Å². The maximum Gasteiger partial charge on any atom is 0.317 e. The molecule has 1 aromatic rings. The van der Waals surface area contributed by atoms with Crippen LogP contribution >= 0.6 is 0 Å². The predicted octanol–water partition coefficient (Wildman–Crippen LogP) is 1.52. The number of carbonyl (C=O) groups excluding carboxylic acids is 1. The topological polar surface area (TPSA) is 82.5 Å². The third kappa shape index (κ3) is 3.71. The van der Waals surface area contributed by atoms with Crippen molar-refractivity contribution in [3.8, 4) is 0 Å². The van der Waals surface area contributed by atoms with Crippen LogP contribution in [0.25, 0.3) is 0 Å². The first-order valence-electron chi connectivity index (χ1n) is 7.16. The van der Waals surface area contributed by atoms with Gasteiger partial charge < -0.3 is 15.3 Å². The van der Waals surface area contributed by atoms with Crippen molar-refractivity contribution in [3.05, 3.63) is 30.1 Å². The second-order valence-electron chi connectivity index (χ2n) is 5.59. The Morgan fingerprint density at radius 3 is 2.71 bits per heavy atom. The molecule has 1 aliphatic carbocycles. The number of urea groups is 1. The second kappa shape index (κ2) is 6.56. The van der Waals surface area contributed by atoms with Crippen molar-refractivity contribution in [2.45, 2.75) is 25.7 Å². The van der Waals surface area contributed by atoms with Gasteiger partial charge in [0.25, 0.3) is 0 Å². The summed E-state index contributed by atoms with van der Waals surface area (Å²) in [7, 11) is 1.70. The molecule has 0 spiro atoms. The van der Waals surface area contributed by atoms with Crippen molar-refractivity contribution in [3.63, 3.8) is 0 Å². The van der Waals surface area contributed by atoms with Gasteiger partial charge in [-0.3, -0.25) is 9.78 Å². The molecule has 0 atom stereocenters. The van der Waals surface area contributed by atoms with Gasteiger partial charge in [-0.15, -0.1) is 0 Å². The van der Waals surface area contributed by atoms with Crippen molar-refractivity contribution in [1.82, 2.24) is 15.2 Å². The summed E-state index contributed by atoms with van der Waals surface area (Å²) in [6, 6.07) is 5.44. The highest BCUT2D eigenvalue weighted by Crippen LogP contribution is 2.40. The molecule has 1 saturated carbocycles. The van der Waals surface area contributed by atoms with Crippen LogP contribution in [0.2, 0.25) is 0 Å². The molecule has 1 fully saturated rings. The summed E-state index contributed by atoms with van der Waals surface area (Å²) in [6.07, 6.45) is 4.59. The van der Waals surface area contributed by atoms with Crippen LogP contribution in [0.4, 0.5) is 4.79 Å². The average Bonchev–Trinajstić information content (AvgIpc) is 2.44. The van der Waals surface area contributed by atoms with E-state index in [4.69, 9.17) is 0 Å². The van der Waals surface area contributed by atoms with Crippen LogP contribution < -0.4 is 5.32 Å². The first-order valence-corrected chi connectivity index (χ1v) is 7.16. The van der Waals surface area contributed by atoms with E-state index in [1.165, 1.54) is 0 Å². The quantitative estimate of drug-likeness (QED) is 0.832. The number of aromatic nitrogens is 1. The lowest BCUT2D eigenvalue weighted by molar-refractivity contribution is -0.153. The molecule has 21 heavy (non-hydrogen) atoms. The monoisotopic (exact) mass is 291 g/mol. The molecule has 0 radical (unpaired) electrons. The summed E-state index contributed by atoms with van der Waals surface area (Å²) in [6.45, 7) is 0.748. The van der Waals surface area contributed by atoms with Gasteiger partial charge in [-0.2, -0.15) is 0 Å². The number of aliphatic carboxylic acids is 1. The lowest BCUT2D eigenvalue weighted by Gasteiger charge is -2.37. The standard InChI is InChI=1S/C15H21N3O3/c1-18(10-6-12-5-2-3-9-16-12)14(21)17-11-15(13(19)20)7-4-8-15/h2-3,5,9H,4,6-8,10-11H2,1H3,(H,17,21)(H,19,20). The fourth-order valence-electron chi connectivity index (χ4n) is 2.38. The summed E-state index contributed by atoms with van der Waals surface area (Å²) >= 11 is 0. The Morgan fingerprint density at radius 1 is 1.43 bits per heavy atom. The number of rotatable bonds is 6. The molecule has 2 N–H and O–H groups in total. The zero-order chi connectivity index (χ0) is 15.3. The van der Waals surface area contributed by atoms with Crippen molar-refractivity contribution in [1.29, 1.82) is 0 Å². The van der Waals surface area contributed by atoms with E-state index in [1.54, 1.807) is 18.1 Å². The first kappa shape index (κ1) is 15.3. The molecule has 2 rings (SSSR count). The highest BCUT2D eigenvalue weighted by atomic mass is 16.4. The highest BCUT2D eigenvalue weighted by Gasteiger charge is 2.44. The normalized spacial score (nSPS) is 15.9. The minimum absolute atomic E-state index is 0.203. The van der Waals surface area contributed by atoms with Crippen LogP contribution in [-0.4, -0.2) is 47.1 Å². The number of nitrogens with one attached hydrogen (secondary N) is 1. The molecule has 1 aliphatic rings. The number of hydrogen-bond donors (Lipinski definition) is 2. The van der Waals surface area contributed by atoms with E-state index >= 15 is 0 Å². The van der Waals surface area contributed by atoms with E-state index in [-0.39, 0.29) is 12.6 Å². The summed E-state index contributed by atoms with van der Waals surface area (Å²) in [5, 5.41) is 11.9. The Kier molecular flexibility index (Phi) is 4.77. The minimum atomic E-state index is -0.815. The number of nitrogens with zero attached hydrogens (tertiary/aromatic N) is 2. The minimum Gasteiger partial charge on any atom is -0.481 e. The van der Waals surface area contributed by atoms with Crippen molar-refractivity contribution in [2.75, 3.05) is 20.1 Å². The predicted molar refractivity (Wildman–Crippen MR) is 77.9 cm³/mol. The van der Waals surface area contributed by atoms with Gasteiger partial charge in [0, 0.05) is 38.4 Å². The van der Waals surface area contributed by atoms with Gasteiger partial charge in [-0.25, -0.2) is 4.79 Å². The molecule has 0 unspecified atom stereocenters. The summed E-state index contributed by atoms with van der Waals surface area (Å²) in [4.78, 5) is 29.0. The second-order valence-corrected chi connectivity index (χ2v) is 5.59. The zero-order valence-electron chi connectivity index (χ0n) is 12.2. The van der Waals surface area contributed by atoms with Crippen LogP contribution in [0.15, 0.2) is 24.4 Å². The summed E-state index contributed by atoms with van der Waals surface area (Å²) in [5.41, 5.74) is 0.176. The maximum atomic E-state index is 12.0. The number of likely N-dealkylation sites (N-methyl/N-ethyl adjacent to an activating group) is 1. The SMILES string of the molecule is CN(CCc1ccccn1)C(=O)NCC1(C(=O)O)CCC1. The molecule has 6 nitrogen and oxygen atoms in total. The third-order valence-electron chi connectivity index (χ3n) is 4.12. The number of carbonyl (C=O) groups is 2. The van der Waals surface area contributed by atoms with E-state index in [2.05, 4.69) is 10.3 Å². The number of carboxylic acids is 1. The molecule has 2 amide bonds. The highest BCUT2D eigenvalue weighted by molar-refractivity contribution is 5.78. The lowest BCUT2D eigenvalue weighted by atomic mass is 9.69. The lowest BCUT2D eigenvalue weighted by Crippen LogP contribution is -2.50. The Morgan fingerprint density at radius 2 is 2.19 bits per heavy atom. The van der Waals surface area contributed by atoms with Gasteiger partial charge in [0.2, 0.25) is 0 Å². The van der Waals surface area contributed by atoms with Gasteiger partial charge in [0.1, 0.15) is 0 Å². The Balaban J connectivity index is 1.76. The Hall–Kier alpha value is -2.11. The first-order chi connectivity index (χ1) is 10.0. The van der Waals surface area contributed by atoms with Crippen molar-refractivity contribution >= 4 is 12.0 Å². The molecule has 0 aromatic carbocycles. The largest absolute Gasteiger partial charge is 0.481 e. The average molecular weight is 291 g/mol. The molecule has 0 saturated heterocycles. The number of carboxylic acid groups (broad SMARTS) is 1. The fraction of sp³-hybridized carbons (Fsp3) is 0.533. The molecule has 1 aromatic heterocycles. The van der Waals surface area contributed by atoms with Gasteiger partial charge in [0.15, 0.2) is 0 Å². The Labute approximate surface area is 124 Å². The number of hydrogen-bond acceptors (Lipinski definition) is 3. The van der Waals surface area contributed by atoms with E-state index in [0.717, 1.165) is 12.1 Å². The van der Waals surface area contributed by atoms with Gasteiger partial charge in [0.05, 0.1) is 5.41 Å². The van der Waals surface area contributed by atoms with E-state index in [9.17, 15) is 14.7 Å². The molecular weight excluding hydrogens is 270 g/mol. The van der Waals surface area contributed by atoms with Crippen LogP contribution in [0, 0.1) is 5.41 Å². The molecule has 0 bridgehead atoms. The van der Waals surface area contributed by atoms with Gasteiger partial charge >= 0.3 is 12.0 Å². The number of amides is 2. The number of pyridine rings is 1. The van der Waals surface area contributed by atoms with Crippen LogP contribution in [0.3, 0.4) is 0 Å². The molecule has 1 heterocycles. The Bertz CT molecular complexity index is 500. The maximum absolute atomic E-state index is 12.0. The van der Waals surface area contributed by atoms with Crippen LogP contribution in [0.5, 0.6) is 0 Å². The van der Waals surface area contributed by atoms with Crippen LogP contribution in [-0.2, 0) is 11.2 Å². The van der Waals surface area contributed by atoms with Crippen molar-refractivity contribution in [2.24, 2.45) is 5.41 Å². The molecular formula is C15H21N3O3. The van der Waals surface area contributed by atoms with E-state index < -0.39 is 11.4 Å². The van der Waals surface area contributed by atoms with Crippen LogP contribution in [0.1, 0.15) is 25.0 Å². The van der Waals surface area contributed by atoms with Gasteiger partial charge in [-0.05, 0) is 25.0 Å².